The predicted molar refractivity (Wildman–Crippen MR) is 61.8 cm³/mol. The minimum atomic E-state index is 0.233. The first-order valence-electron chi connectivity index (χ1n) is 5.79. The molecule has 1 unspecified atom stereocenters. The van der Waals surface area contributed by atoms with Crippen molar-refractivity contribution in [2.24, 2.45) is 0 Å². The third-order valence-corrected chi connectivity index (χ3v) is 2.79. The topological polar surface area (TPSA) is 35.6 Å². The third-order valence-electron chi connectivity index (χ3n) is 2.79. The maximum Gasteiger partial charge on any atom is 0.236 e. The van der Waals surface area contributed by atoms with Gasteiger partial charge in [0.1, 0.15) is 0 Å². The van der Waals surface area contributed by atoms with Crippen molar-refractivity contribution in [3.8, 4) is 0 Å². The Bertz CT molecular complexity index is 200. The van der Waals surface area contributed by atoms with E-state index in [1.807, 2.05) is 30.8 Å². The number of amides is 1. The quantitative estimate of drug-likeness (QED) is 0.706. The highest BCUT2D eigenvalue weighted by atomic mass is 16.2. The maximum absolute atomic E-state index is 11.8. The number of carbonyl (C=O) groups excluding carboxylic acids is 1. The summed E-state index contributed by atoms with van der Waals surface area (Å²) < 4.78 is 0. The molecule has 1 amide bonds. The fourth-order valence-corrected chi connectivity index (χ4v) is 1.96. The molecular formula is C11H23N3O. The van der Waals surface area contributed by atoms with Crippen molar-refractivity contribution in [3.05, 3.63) is 0 Å². The van der Waals surface area contributed by atoms with Gasteiger partial charge >= 0.3 is 0 Å². The molecule has 0 radical (unpaired) electrons. The van der Waals surface area contributed by atoms with Crippen LogP contribution in [0.15, 0.2) is 0 Å². The van der Waals surface area contributed by atoms with Crippen LogP contribution in [0.2, 0.25) is 0 Å². The Labute approximate surface area is 92.6 Å². The lowest BCUT2D eigenvalue weighted by atomic mass is 10.2. The summed E-state index contributed by atoms with van der Waals surface area (Å²) in [5.41, 5.74) is 0. The molecule has 1 fully saturated rings. The second kappa shape index (κ2) is 6.08. The largest absolute Gasteiger partial charge is 0.340 e. The van der Waals surface area contributed by atoms with Crippen molar-refractivity contribution >= 4 is 5.91 Å². The summed E-state index contributed by atoms with van der Waals surface area (Å²) in [4.78, 5) is 15.7. The summed E-state index contributed by atoms with van der Waals surface area (Å²) in [6, 6.07) is 0.510. The summed E-state index contributed by atoms with van der Waals surface area (Å²) in [5.74, 6) is 0.233. The van der Waals surface area contributed by atoms with Crippen LogP contribution in [0.3, 0.4) is 0 Å². The molecule has 0 bridgehead atoms. The number of nitrogens with zero attached hydrogens (tertiary/aromatic N) is 2. The number of carbonyl (C=O) groups is 1. The van der Waals surface area contributed by atoms with E-state index in [9.17, 15) is 4.79 Å². The molecule has 88 valence electrons. The van der Waals surface area contributed by atoms with E-state index < -0.39 is 0 Å². The zero-order chi connectivity index (χ0) is 11.3. The van der Waals surface area contributed by atoms with Gasteiger partial charge in [0.15, 0.2) is 0 Å². The zero-order valence-corrected chi connectivity index (χ0v) is 10.1. The lowest BCUT2D eigenvalue weighted by molar-refractivity contribution is -0.131. The molecular weight excluding hydrogens is 190 g/mol. The zero-order valence-electron chi connectivity index (χ0n) is 10.1. The van der Waals surface area contributed by atoms with Crippen LogP contribution in [0.5, 0.6) is 0 Å². The monoisotopic (exact) mass is 213 g/mol. The van der Waals surface area contributed by atoms with Gasteiger partial charge in [0.05, 0.1) is 6.54 Å². The Kier molecular flexibility index (Phi) is 5.05. The lowest BCUT2D eigenvalue weighted by Crippen LogP contribution is -2.44. The van der Waals surface area contributed by atoms with Gasteiger partial charge in [0, 0.05) is 19.1 Å². The number of rotatable bonds is 5. The fourth-order valence-electron chi connectivity index (χ4n) is 1.96. The standard InChI is InChI=1S/C11H23N3O/c1-4-14(11(15)9-13(2)3)8-10-6-5-7-12-10/h10,12H,4-9H2,1-3H3. The molecule has 0 aromatic carbocycles. The molecule has 4 nitrogen and oxygen atoms in total. The smallest absolute Gasteiger partial charge is 0.236 e. The Morgan fingerprint density at radius 3 is 2.67 bits per heavy atom. The third kappa shape index (κ3) is 4.18. The van der Waals surface area contributed by atoms with Crippen molar-refractivity contribution < 1.29 is 4.79 Å². The molecule has 0 saturated carbocycles. The molecule has 0 spiro atoms. The van der Waals surface area contributed by atoms with Gasteiger partial charge < -0.3 is 15.1 Å². The average Bonchev–Trinajstić information content (AvgIpc) is 2.65. The summed E-state index contributed by atoms with van der Waals surface area (Å²) in [6.07, 6.45) is 2.44. The van der Waals surface area contributed by atoms with Crippen LogP contribution in [0.25, 0.3) is 0 Å². The highest BCUT2D eigenvalue weighted by Gasteiger charge is 2.20. The van der Waals surface area contributed by atoms with E-state index in [4.69, 9.17) is 0 Å². The van der Waals surface area contributed by atoms with E-state index >= 15 is 0 Å². The first-order chi connectivity index (χ1) is 7.13. The van der Waals surface area contributed by atoms with E-state index in [1.165, 1.54) is 12.8 Å². The second-order valence-electron chi connectivity index (χ2n) is 4.46. The van der Waals surface area contributed by atoms with E-state index in [0.29, 0.717) is 12.6 Å². The van der Waals surface area contributed by atoms with Crippen LogP contribution in [0, 0.1) is 0 Å². The van der Waals surface area contributed by atoms with Crippen LogP contribution in [0.1, 0.15) is 19.8 Å². The molecule has 1 atom stereocenters. The predicted octanol–water partition coefficient (Wildman–Crippen LogP) is 0.149. The maximum atomic E-state index is 11.8. The Balaban J connectivity index is 2.36. The summed E-state index contributed by atoms with van der Waals surface area (Å²) in [6.45, 7) is 5.33. The van der Waals surface area contributed by atoms with Crippen LogP contribution in [0.4, 0.5) is 0 Å². The van der Waals surface area contributed by atoms with Crippen LogP contribution >= 0.6 is 0 Å². The molecule has 0 aromatic rings. The Morgan fingerprint density at radius 2 is 2.20 bits per heavy atom. The highest BCUT2D eigenvalue weighted by Crippen LogP contribution is 2.07. The van der Waals surface area contributed by atoms with Crippen molar-refractivity contribution in [2.45, 2.75) is 25.8 Å². The van der Waals surface area contributed by atoms with Crippen molar-refractivity contribution in [2.75, 3.05) is 40.3 Å². The Morgan fingerprint density at radius 1 is 1.47 bits per heavy atom. The van der Waals surface area contributed by atoms with Gasteiger partial charge in [-0.1, -0.05) is 0 Å². The van der Waals surface area contributed by atoms with Gasteiger partial charge in [0.2, 0.25) is 5.91 Å². The molecule has 0 aromatic heterocycles. The Hall–Kier alpha value is -0.610. The molecule has 0 aliphatic carbocycles. The first kappa shape index (κ1) is 12.5. The van der Waals surface area contributed by atoms with Crippen LogP contribution in [-0.2, 0) is 4.79 Å². The summed E-state index contributed by atoms with van der Waals surface area (Å²) >= 11 is 0. The molecule has 1 aliphatic rings. The molecule has 1 saturated heterocycles. The van der Waals surface area contributed by atoms with Gasteiger partial charge in [-0.2, -0.15) is 0 Å². The van der Waals surface area contributed by atoms with Crippen LogP contribution in [-0.4, -0.2) is 62.0 Å². The summed E-state index contributed by atoms with van der Waals surface area (Å²) in [7, 11) is 3.86. The van der Waals surface area contributed by atoms with Crippen molar-refractivity contribution in [1.29, 1.82) is 0 Å². The average molecular weight is 213 g/mol. The van der Waals surface area contributed by atoms with Gasteiger partial charge in [-0.15, -0.1) is 0 Å². The lowest BCUT2D eigenvalue weighted by Gasteiger charge is -2.25. The minimum Gasteiger partial charge on any atom is -0.340 e. The minimum absolute atomic E-state index is 0.233. The van der Waals surface area contributed by atoms with Gasteiger partial charge in [0.25, 0.3) is 0 Å². The van der Waals surface area contributed by atoms with E-state index in [0.717, 1.165) is 19.6 Å². The normalized spacial score (nSPS) is 20.9. The van der Waals surface area contributed by atoms with Gasteiger partial charge in [-0.3, -0.25) is 4.79 Å². The first-order valence-corrected chi connectivity index (χ1v) is 5.79. The van der Waals surface area contributed by atoms with Gasteiger partial charge in [-0.25, -0.2) is 0 Å². The molecule has 1 aliphatic heterocycles. The van der Waals surface area contributed by atoms with E-state index in [-0.39, 0.29) is 5.91 Å². The molecule has 4 heteroatoms. The number of likely N-dealkylation sites (N-methyl/N-ethyl adjacent to an activating group) is 2. The highest BCUT2D eigenvalue weighted by molar-refractivity contribution is 5.78. The molecule has 1 heterocycles. The molecule has 1 rings (SSSR count). The van der Waals surface area contributed by atoms with Gasteiger partial charge in [-0.05, 0) is 40.4 Å². The number of hydrogen-bond donors (Lipinski definition) is 1. The number of hydrogen-bond acceptors (Lipinski definition) is 3. The second-order valence-corrected chi connectivity index (χ2v) is 4.46. The van der Waals surface area contributed by atoms with Crippen molar-refractivity contribution in [3.63, 3.8) is 0 Å². The van der Waals surface area contributed by atoms with E-state index in [1.54, 1.807) is 0 Å². The summed E-state index contributed by atoms with van der Waals surface area (Å²) in [5, 5.41) is 3.42. The SMILES string of the molecule is CCN(CC1CCCN1)C(=O)CN(C)C. The van der Waals surface area contributed by atoms with Crippen LogP contribution < -0.4 is 5.32 Å². The molecule has 15 heavy (non-hydrogen) atoms. The van der Waals surface area contributed by atoms with Crippen molar-refractivity contribution in [1.82, 2.24) is 15.1 Å². The number of nitrogens with one attached hydrogen (secondary N) is 1. The molecule has 1 N–H and O–H groups in total. The van der Waals surface area contributed by atoms with E-state index in [2.05, 4.69) is 5.32 Å². The fraction of sp³-hybridized carbons (Fsp3) is 0.909.